The normalized spacial score (nSPS) is 27.9. The summed E-state index contributed by atoms with van der Waals surface area (Å²) >= 11 is 0. The fourth-order valence-electron chi connectivity index (χ4n) is 2.67. The van der Waals surface area contributed by atoms with E-state index in [4.69, 9.17) is 19.9 Å². The van der Waals surface area contributed by atoms with Gasteiger partial charge in [0.25, 0.3) is 0 Å². The number of ether oxygens (including phenoxy) is 3. The first-order valence-corrected chi connectivity index (χ1v) is 8.28. The van der Waals surface area contributed by atoms with Crippen molar-refractivity contribution in [1.82, 2.24) is 9.55 Å². The summed E-state index contributed by atoms with van der Waals surface area (Å²) in [4.78, 5) is 38.9. The molecule has 0 amide bonds. The number of aromatic nitrogens is 2. The molecule has 10 nitrogen and oxygen atoms in total. The van der Waals surface area contributed by atoms with Gasteiger partial charge in [0, 0.05) is 19.0 Å². The van der Waals surface area contributed by atoms with Crippen LogP contribution in [0.3, 0.4) is 0 Å². The summed E-state index contributed by atoms with van der Waals surface area (Å²) in [7, 11) is 0. The second-order valence-electron chi connectivity index (χ2n) is 6.10. The first kappa shape index (κ1) is 19.9. The zero-order valence-electron chi connectivity index (χ0n) is 14.9. The average Bonchev–Trinajstić information content (AvgIpc) is 2.83. The second kappa shape index (κ2) is 7.83. The highest BCUT2D eigenvalue weighted by molar-refractivity contribution is 5.69. The summed E-state index contributed by atoms with van der Waals surface area (Å²) in [5.74, 6) is -1.01. The zero-order chi connectivity index (χ0) is 19.5. The van der Waals surface area contributed by atoms with Crippen molar-refractivity contribution < 1.29 is 28.9 Å². The van der Waals surface area contributed by atoms with Gasteiger partial charge in [-0.25, -0.2) is 4.79 Å². The van der Waals surface area contributed by atoms with E-state index in [9.17, 15) is 19.5 Å². The lowest BCUT2D eigenvalue weighted by Gasteiger charge is -2.30. The second-order valence-corrected chi connectivity index (χ2v) is 6.10. The Morgan fingerprint density at radius 2 is 2.04 bits per heavy atom. The molecule has 1 saturated heterocycles. The van der Waals surface area contributed by atoms with Crippen LogP contribution in [-0.4, -0.2) is 51.0 Å². The van der Waals surface area contributed by atoms with Crippen LogP contribution in [0, 0.1) is 0 Å². The molecule has 0 spiro atoms. The molecule has 26 heavy (non-hydrogen) atoms. The number of esters is 2. The van der Waals surface area contributed by atoms with Crippen molar-refractivity contribution in [2.75, 3.05) is 12.3 Å². The third-order valence-corrected chi connectivity index (χ3v) is 4.07. The lowest BCUT2D eigenvalue weighted by molar-refractivity contribution is -0.165. The van der Waals surface area contributed by atoms with Crippen LogP contribution < -0.4 is 11.4 Å². The maximum Gasteiger partial charge on any atom is 0.351 e. The van der Waals surface area contributed by atoms with Crippen LogP contribution in [0.2, 0.25) is 0 Å². The Labute approximate surface area is 149 Å². The average molecular weight is 369 g/mol. The molecule has 0 saturated carbocycles. The van der Waals surface area contributed by atoms with Gasteiger partial charge in [0.15, 0.2) is 12.3 Å². The number of carbonyl (C=O) groups excluding carboxylic acids is 2. The number of carbonyl (C=O) groups is 2. The molecular formula is C16H23N3O7. The number of nitrogens with zero attached hydrogens (tertiary/aromatic N) is 2. The van der Waals surface area contributed by atoms with Gasteiger partial charge in [0.2, 0.25) is 0 Å². The SMILES string of the molecule is CCC(=O)OC[C@H]1O[C@@H](n2ccc(N)nc2=O)[C@](C)(O)[C@@H]1OC(=O)CC. The quantitative estimate of drug-likeness (QED) is 0.649. The van der Waals surface area contributed by atoms with E-state index in [0.29, 0.717) is 0 Å². The summed E-state index contributed by atoms with van der Waals surface area (Å²) in [5.41, 5.74) is 2.97. The monoisotopic (exact) mass is 369 g/mol. The minimum atomic E-state index is -1.77. The molecule has 1 aromatic heterocycles. The largest absolute Gasteiger partial charge is 0.463 e. The molecule has 2 rings (SSSR count). The molecule has 3 N–H and O–H groups in total. The van der Waals surface area contributed by atoms with Crippen LogP contribution in [-0.2, 0) is 23.8 Å². The molecule has 2 heterocycles. The van der Waals surface area contributed by atoms with Gasteiger partial charge >= 0.3 is 17.6 Å². The van der Waals surface area contributed by atoms with Gasteiger partial charge in [0.05, 0.1) is 0 Å². The fourth-order valence-corrected chi connectivity index (χ4v) is 2.67. The molecule has 0 bridgehead atoms. The van der Waals surface area contributed by atoms with Crippen molar-refractivity contribution in [2.45, 2.75) is 57.6 Å². The third-order valence-electron chi connectivity index (χ3n) is 4.07. The maximum absolute atomic E-state index is 12.1. The molecule has 0 aromatic carbocycles. The number of aliphatic hydroxyl groups is 1. The van der Waals surface area contributed by atoms with Gasteiger partial charge in [0.1, 0.15) is 24.1 Å². The Balaban J connectivity index is 2.34. The van der Waals surface area contributed by atoms with Crippen molar-refractivity contribution >= 4 is 17.8 Å². The van der Waals surface area contributed by atoms with E-state index in [2.05, 4.69) is 4.98 Å². The van der Waals surface area contributed by atoms with Crippen LogP contribution in [0.25, 0.3) is 0 Å². The predicted molar refractivity (Wildman–Crippen MR) is 88.9 cm³/mol. The molecule has 4 atom stereocenters. The van der Waals surface area contributed by atoms with Crippen LogP contribution in [0.5, 0.6) is 0 Å². The molecule has 10 heteroatoms. The summed E-state index contributed by atoms with van der Waals surface area (Å²) < 4.78 is 17.1. The van der Waals surface area contributed by atoms with Crippen LogP contribution in [0.4, 0.5) is 5.82 Å². The van der Waals surface area contributed by atoms with Crippen LogP contribution in [0.15, 0.2) is 17.1 Å². The number of nitrogens with two attached hydrogens (primary N) is 1. The number of rotatable bonds is 6. The van der Waals surface area contributed by atoms with Gasteiger partial charge in [-0.05, 0) is 13.0 Å². The number of anilines is 1. The summed E-state index contributed by atoms with van der Waals surface area (Å²) in [6, 6.07) is 1.37. The Morgan fingerprint density at radius 1 is 1.38 bits per heavy atom. The molecule has 0 radical (unpaired) electrons. The van der Waals surface area contributed by atoms with Crippen molar-refractivity contribution in [1.29, 1.82) is 0 Å². The van der Waals surface area contributed by atoms with Gasteiger partial charge < -0.3 is 25.1 Å². The highest BCUT2D eigenvalue weighted by atomic mass is 16.6. The third kappa shape index (κ3) is 4.02. The minimum absolute atomic E-state index is 0.0197. The Morgan fingerprint density at radius 3 is 2.62 bits per heavy atom. The molecule has 1 aliphatic heterocycles. The number of hydrogen-bond donors (Lipinski definition) is 2. The lowest BCUT2D eigenvalue weighted by Crippen LogP contribution is -2.48. The topological polar surface area (TPSA) is 143 Å². The van der Waals surface area contributed by atoms with Crippen LogP contribution >= 0.6 is 0 Å². The highest BCUT2D eigenvalue weighted by Gasteiger charge is 2.56. The van der Waals surface area contributed by atoms with E-state index in [-0.39, 0.29) is 25.3 Å². The first-order valence-electron chi connectivity index (χ1n) is 8.28. The van der Waals surface area contributed by atoms with Crippen molar-refractivity contribution in [3.63, 3.8) is 0 Å². The first-order chi connectivity index (χ1) is 12.2. The number of hydrogen-bond acceptors (Lipinski definition) is 9. The Bertz CT molecular complexity index is 731. The van der Waals surface area contributed by atoms with Crippen LogP contribution in [0.1, 0.15) is 39.8 Å². The molecular weight excluding hydrogens is 346 g/mol. The van der Waals surface area contributed by atoms with E-state index in [0.717, 1.165) is 4.57 Å². The molecule has 144 valence electrons. The van der Waals surface area contributed by atoms with Gasteiger partial charge in [-0.3, -0.25) is 14.2 Å². The minimum Gasteiger partial charge on any atom is -0.463 e. The van der Waals surface area contributed by atoms with Crippen molar-refractivity contribution in [3.8, 4) is 0 Å². The Kier molecular flexibility index (Phi) is 5.98. The highest BCUT2D eigenvalue weighted by Crippen LogP contribution is 2.39. The lowest BCUT2D eigenvalue weighted by atomic mass is 9.96. The molecule has 0 unspecified atom stereocenters. The standard InChI is InChI=1S/C16H23N3O7/c1-4-11(20)24-8-9-13(26-12(21)5-2)16(3,23)14(25-9)19-7-6-10(17)18-15(19)22/h6-7,9,13-14,23H,4-5,8H2,1-3H3,(H2,17,18,22)/t9-,13-,14-,16-/m1/s1. The van der Waals surface area contributed by atoms with Gasteiger partial charge in [-0.1, -0.05) is 13.8 Å². The molecule has 1 fully saturated rings. The molecule has 0 aliphatic carbocycles. The summed E-state index contributed by atoms with van der Waals surface area (Å²) in [6.45, 7) is 4.36. The zero-order valence-corrected chi connectivity index (χ0v) is 14.9. The van der Waals surface area contributed by atoms with E-state index < -0.39 is 41.7 Å². The maximum atomic E-state index is 12.1. The van der Waals surface area contributed by atoms with E-state index in [1.807, 2.05) is 0 Å². The van der Waals surface area contributed by atoms with E-state index in [1.165, 1.54) is 19.2 Å². The predicted octanol–water partition coefficient (Wildman–Crippen LogP) is -0.251. The Hall–Kier alpha value is -2.46. The van der Waals surface area contributed by atoms with E-state index >= 15 is 0 Å². The smallest absolute Gasteiger partial charge is 0.351 e. The molecule has 1 aliphatic rings. The molecule has 1 aromatic rings. The summed E-state index contributed by atoms with van der Waals surface area (Å²) in [5, 5.41) is 10.9. The number of nitrogen functional groups attached to an aromatic ring is 1. The fraction of sp³-hybridized carbons (Fsp3) is 0.625. The van der Waals surface area contributed by atoms with Crippen molar-refractivity contribution in [2.24, 2.45) is 0 Å². The van der Waals surface area contributed by atoms with Gasteiger partial charge in [-0.2, -0.15) is 4.98 Å². The van der Waals surface area contributed by atoms with Crippen molar-refractivity contribution in [3.05, 3.63) is 22.7 Å². The summed E-state index contributed by atoms with van der Waals surface area (Å²) in [6.07, 6.45) is -1.74. The van der Waals surface area contributed by atoms with Gasteiger partial charge in [-0.15, -0.1) is 0 Å². The van der Waals surface area contributed by atoms with E-state index in [1.54, 1.807) is 13.8 Å².